The van der Waals surface area contributed by atoms with Crippen molar-refractivity contribution < 1.29 is 14.7 Å². The highest BCUT2D eigenvalue weighted by Gasteiger charge is 2.35. The summed E-state index contributed by atoms with van der Waals surface area (Å²) in [5.41, 5.74) is 2.60. The molecule has 0 atom stereocenters. The van der Waals surface area contributed by atoms with Crippen molar-refractivity contribution in [2.24, 2.45) is 0 Å². The number of likely N-dealkylation sites (N-methyl/N-ethyl adjacent to an activating group) is 1. The van der Waals surface area contributed by atoms with Gasteiger partial charge in [0, 0.05) is 31.9 Å². The summed E-state index contributed by atoms with van der Waals surface area (Å²) in [6, 6.07) is 20.5. The molecule has 6 nitrogen and oxygen atoms in total. The van der Waals surface area contributed by atoms with E-state index in [0.29, 0.717) is 19.0 Å². The summed E-state index contributed by atoms with van der Waals surface area (Å²) in [7, 11) is 1.96. The highest BCUT2D eigenvalue weighted by molar-refractivity contribution is 6.07. The number of anilines is 1. The number of nitrogens with one attached hydrogen (secondary N) is 1. The van der Waals surface area contributed by atoms with Crippen LogP contribution in [0.4, 0.5) is 5.69 Å². The molecule has 1 fully saturated rings. The van der Waals surface area contributed by atoms with Crippen molar-refractivity contribution in [3.63, 3.8) is 0 Å². The molecule has 2 N–H and O–H groups in total. The van der Waals surface area contributed by atoms with Crippen LogP contribution in [0.3, 0.4) is 0 Å². The molecule has 0 unspecified atom stereocenters. The second kappa shape index (κ2) is 9.90. The van der Waals surface area contributed by atoms with Crippen molar-refractivity contribution in [3.05, 3.63) is 77.6 Å². The van der Waals surface area contributed by atoms with Gasteiger partial charge in [-0.25, -0.2) is 0 Å². The minimum atomic E-state index is -0.468. The van der Waals surface area contributed by atoms with Crippen LogP contribution in [0, 0.1) is 0 Å². The van der Waals surface area contributed by atoms with Crippen LogP contribution in [0.5, 0.6) is 0 Å². The number of aliphatic hydroxyl groups is 1. The van der Waals surface area contributed by atoms with Gasteiger partial charge in [-0.05, 0) is 49.3 Å². The topological polar surface area (TPSA) is 72.9 Å². The molecule has 1 saturated carbocycles. The van der Waals surface area contributed by atoms with Gasteiger partial charge in [-0.2, -0.15) is 0 Å². The zero-order chi connectivity index (χ0) is 22.5. The van der Waals surface area contributed by atoms with Gasteiger partial charge < -0.3 is 20.2 Å². The summed E-state index contributed by atoms with van der Waals surface area (Å²) in [5, 5.41) is 13.4. The van der Waals surface area contributed by atoms with Gasteiger partial charge in [0.05, 0.1) is 12.1 Å². The first-order chi connectivity index (χ1) is 15.5. The molecule has 0 spiro atoms. The highest BCUT2D eigenvalue weighted by atomic mass is 16.3. The van der Waals surface area contributed by atoms with E-state index in [0.717, 1.165) is 31.4 Å². The zero-order valence-electron chi connectivity index (χ0n) is 18.5. The standard InChI is InChI=1S/C26H31N3O3/c1-28(22-10-6-3-7-11-22)16-17-29-18-23(24(30)26(29)32)25(31)27-21-14-12-20(13-15-21)19-8-4-2-5-9-19/h2-11,20-21,30H,12-18H2,1H3,(H,27,31)/t20-,21+. The molecular formula is C26H31N3O3. The molecule has 0 bridgehead atoms. The summed E-state index contributed by atoms with van der Waals surface area (Å²) in [4.78, 5) is 28.9. The molecule has 6 heteroatoms. The maximum atomic E-state index is 12.8. The Labute approximate surface area is 189 Å². The fraction of sp³-hybridized carbons (Fsp3) is 0.385. The molecular weight excluding hydrogens is 402 g/mol. The molecule has 2 amide bonds. The molecule has 1 aliphatic carbocycles. The maximum absolute atomic E-state index is 12.8. The quantitative estimate of drug-likeness (QED) is 0.700. The Morgan fingerprint density at radius 1 is 1.03 bits per heavy atom. The summed E-state index contributed by atoms with van der Waals surface area (Å²) in [5.74, 6) is -0.674. The van der Waals surface area contributed by atoms with Crippen LogP contribution in [-0.4, -0.2) is 54.5 Å². The van der Waals surface area contributed by atoms with Crippen molar-refractivity contribution in [1.82, 2.24) is 10.2 Å². The number of carbonyl (C=O) groups excluding carboxylic acids is 2. The number of nitrogens with zero attached hydrogens (tertiary/aromatic N) is 2. The third-order valence-corrected chi connectivity index (χ3v) is 6.63. The first-order valence-electron chi connectivity index (χ1n) is 11.4. The average molecular weight is 434 g/mol. The van der Waals surface area contributed by atoms with E-state index < -0.39 is 11.7 Å². The number of hydrogen-bond donors (Lipinski definition) is 2. The molecule has 4 rings (SSSR count). The van der Waals surface area contributed by atoms with Gasteiger partial charge in [0.1, 0.15) is 0 Å². The van der Waals surface area contributed by atoms with E-state index in [1.807, 2.05) is 48.3 Å². The SMILES string of the molecule is CN(CCN1CC(C(=O)N[C@H]2CC[C@@H](c3ccccc3)CC2)=C(O)C1=O)c1ccccc1. The van der Waals surface area contributed by atoms with Gasteiger partial charge in [-0.3, -0.25) is 9.59 Å². The van der Waals surface area contributed by atoms with Crippen LogP contribution >= 0.6 is 0 Å². The van der Waals surface area contributed by atoms with Crippen LogP contribution in [0.15, 0.2) is 72.0 Å². The Bertz CT molecular complexity index is 966. The third kappa shape index (κ3) is 4.96. The van der Waals surface area contributed by atoms with Crippen molar-refractivity contribution >= 4 is 17.5 Å². The minimum absolute atomic E-state index is 0.0797. The lowest BCUT2D eigenvalue weighted by atomic mass is 9.82. The van der Waals surface area contributed by atoms with Gasteiger partial charge in [0.2, 0.25) is 0 Å². The van der Waals surface area contributed by atoms with Crippen molar-refractivity contribution in [2.75, 3.05) is 31.6 Å². The van der Waals surface area contributed by atoms with E-state index in [-0.39, 0.29) is 24.1 Å². The number of carbonyl (C=O) groups is 2. The molecule has 2 aromatic carbocycles. The maximum Gasteiger partial charge on any atom is 0.289 e. The molecule has 1 aliphatic heterocycles. The van der Waals surface area contributed by atoms with E-state index in [9.17, 15) is 14.7 Å². The third-order valence-electron chi connectivity index (χ3n) is 6.63. The number of aliphatic hydroxyl groups excluding tert-OH is 1. The Kier molecular flexibility index (Phi) is 6.78. The molecule has 2 aromatic rings. The molecule has 0 aromatic heterocycles. The van der Waals surface area contributed by atoms with E-state index in [4.69, 9.17) is 0 Å². The number of rotatable bonds is 7. The Hall–Kier alpha value is -3.28. The Morgan fingerprint density at radius 3 is 2.31 bits per heavy atom. The zero-order valence-corrected chi connectivity index (χ0v) is 18.5. The molecule has 2 aliphatic rings. The van der Waals surface area contributed by atoms with Gasteiger partial charge in [-0.1, -0.05) is 48.5 Å². The van der Waals surface area contributed by atoms with Crippen LogP contribution < -0.4 is 10.2 Å². The summed E-state index contributed by atoms with van der Waals surface area (Å²) >= 11 is 0. The fourth-order valence-electron chi connectivity index (χ4n) is 4.63. The fourth-order valence-corrected chi connectivity index (χ4v) is 4.63. The monoisotopic (exact) mass is 433 g/mol. The smallest absolute Gasteiger partial charge is 0.289 e. The van der Waals surface area contributed by atoms with Crippen molar-refractivity contribution in [3.8, 4) is 0 Å². The lowest BCUT2D eigenvalue weighted by Gasteiger charge is -2.29. The first kappa shape index (κ1) is 21.9. The van der Waals surface area contributed by atoms with Crippen molar-refractivity contribution in [2.45, 2.75) is 37.6 Å². The van der Waals surface area contributed by atoms with E-state index in [2.05, 4.69) is 29.6 Å². The minimum Gasteiger partial charge on any atom is -0.503 e. The lowest BCUT2D eigenvalue weighted by Crippen LogP contribution is -2.40. The van der Waals surface area contributed by atoms with E-state index >= 15 is 0 Å². The highest BCUT2D eigenvalue weighted by Crippen LogP contribution is 2.33. The number of para-hydroxylation sites is 1. The molecule has 168 valence electrons. The number of hydrogen-bond acceptors (Lipinski definition) is 4. The second-order valence-corrected chi connectivity index (χ2v) is 8.74. The predicted molar refractivity (Wildman–Crippen MR) is 126 cm³/mol. The normalized spacial score (nSPS) is 21.0. The second-order valence-electron chi connectivity index (χ2n) is 8.74. The molecule has 0 radical (unpaired) electrons. The largest absolute Gasteiger partial charge is 0.503 e. The van der Waals surface area contributed by atoms with Gasteiger partial charge in [0.25, 0.3) is 11.8 Å². The average Bonchev–Trinajstić information content (AvgIpc) is 3.13. The molecule has 0 saturated heterocycles. The first-order valence-corrected chi connectivity index (χ1v) is 11.4. The van der Waals surface area contributed by atoms with Crippen LogP contribution in [-0.2, 0) is 9.59 Å². The van der Waals surface area contributed by atoms with Crippen LogP contribution in [0.25, 0.3) is 0 Å². The summed E-state index contributed by atoms with van der Waals surface area (Å²) in [6.45, 7) is 1.20. The van der Waals surface area contributed by atoms with Gasteiger partial charge in [-0.15, -0.1) is 0 Å². The molecule has 32 heavy (non-hydrogen) atoms. The van der Waals surface area contributed by atoms with Gasteiger partial charge in [0.15, 0.2) is 5.76 Å². The van der Waals surface area contributed by atoms with E-state index in [1.165, 1.54) is 10.5 Å². The van der Waals surface area contributed by atoms with Crippen LogP contribution in [0.1, 0.15) is 37.2 Å². The summed E-state index contributed by atoms with van der Waals surface area (Å²) < 4.78 is 0. The van der Waals surface area contributed by atoms with Crippen LogP contribution in [0.2, 0.25) is 0 Å². The molecule has 1 heterocycles. The summed E-state index contributed by atoms with van der Waals surface area (Å²) in [6.07, 6.45) is 3.85. The predicted octanol–water partition coefficient (Wildman–Crippen LogP) is 3.62. The van der Waals surface area contributed by atoms with Crippen molar-refractivity contribution in [1.29, 1.82) is 0 Å². The Morgan fingerprint density at radius 2 is 1.66 bits per heavy atom. The van der Waals surface area contributed by atoms with E-state index in [1.54, 1.807) is 0 Å². The Balaban J connectivity index is 1.27. The number of amides is 2. The lowest BCUT2D eigenvalue weighted by molar-refractivity contribution is -0.127. The van der Waals surface area contributed by atoms with Gasteiger partial charge >= 0.3 is 0 Å². The number of benzene rings is 2.